The molecule has 3 atom stereocenters. The molecule has 4 N–H and O–H groups in total. The number of aliphatic carboxylic acids is 1. The number of carboxylic acids is 1. The van der Waals surface area contributed by atoms with Gasteiger partial charge in [-0.1, -0.05) is 81.4 Å². The van der Waals surface area contributed by atoms with Crippen molar-refractivity contribution in [2.75, 3.05) is 0 Å². The third kappa shape index (κ3) is 10.2. The largest absolute Gasteiger partial charge is 0.480 e. The number of amides is 3. The Labute approximate surface area is 224 Å². The van der Waals surface area contributed by atoms with Crippen LogP contribution in [0.15, 0.2) is 60.7 Å². The Hall–Kier alpha value is -3.88. The molecule has 0 aliphatic rings. The molecule has 0 aromatic heterocycles. The first kappa shape index (κ1) is 30.3. The minimum Gasteiger partial charge on any atom is -0.480 e. The van der Waals surface area contributed by atoms with E-state index in [4.69, 9.17) is 4.74 Å². The highest BCUT2D eigenvalue weighted by molar-refractivity contribution is 5.93. The average molecular weight is 526 g/mol. The second-order valence-electron chi connectivity index (χ2n) is 11.3. The molecule has 0 aliphatic carbocycles. The summed E-state index contributed by atoms with van der Waals surface area (Å²) in [6.45, 7) is 10.3. The molecule has 2 aromatic rings. The molecule has 0 fully saturated rings. The summed E-state index contributed by atoms with van der Waals surface area (Å²) < 4.78 is 5.35. The first-order chi connectivity index (χ1) is 17.7. The Kier molecular flexibility index (Phi) is 10.4. The van der Waals surface area contributed by atoms with Crippen LogP contribution in [0.1, 0.15) is 52.7 Å². The van der Waals surface area contributed by atoms with Crippen LogP contribution in [0.4, 0.5) is 4.79 Å². The Bertz CT molecular complexity index is 1090. The standard InChI is InChI=1S/C29H39N3O6/c1-28(2,3)23(26(35)36)32-25(34)21(17-19-13-9-7-10-14-19)30-24(33)22(18-20-15-11-8-12-16-20)31-27(37)38-29(4,5)6/h7-16,21-23H,17-18H2,1-6H3,(H,30,33)(H,31,37)(H,32,34)(H,35,36)/t21-,22-,23+/m1/s1. The number of carbonyl (C=O) groups excluding carboxylic acids is 3. The van der Waals surface area contributed by atoms with Crippen molar-refractivity contribution in [3.8, 4) is 0 Å². The number of carboxylic acid groups (broad SMARTS) is 1. The van der Waals surface area contributed by atoms with E-state index in [0.29, 0.717) is 0 Å². The number of hydrogen-bond donors (Lipinski definition) is 4. The van der Waals surface area contributed by atoms with Crippen LogP contribution in [0.3, 0.4) is 0 Å². The van der Waals surface area contributed by atoms with E-state index in [0.717, 1.165) is 11.1 Å². The molecule has 206 valence electrons. The zero-order valence-electron chi connectivity index (χ0n) is 22.9. The Morgan fingerprint density at radius 2 is 1.13 bits per heavy atom. The lowest BCUT2D eigenvalue weighted by Crippen LogP contribution is -2.58. The predicted molar refractivity (Wildman–Crippen MR) is 144 cm³/mol. The van der Waals surface area contributed by atoms with Gasteiger partial charge in [-0.05, 0) is 37.3 Å². The molecule has 3 amide bonds. The Morgan fingerprint density at radius 1 is 0.711 bits per heavy atom. The summed E-state index contributed by atoms with van der Waals surface area (Å²) >= 11 is 0. The SMILES string of the molecule is CC(C)(C)OC(=O)N[C@H](Cc1ccccc1)C(=O)N[C@H](Cc1ccccc1)C(=O)N[C@@H](C(=O)O)C(C)(C)C. The zero-order chi connectivity index (χ0) is 28.5. The Morgan fingerprint density at radius 3 is 1.53 bits per heavy atom. The summed E-state index contributed by atoms with van der Waals surface area (Å²) in [7, 11) is 0. The fourth-order valence-electron chi connectivity index (χ4n) is 3.73. The van der Waals surface area contributed by atoms with E-state index >= 15 is 0 Å². The lowest BCUT2D eigenvalue weighted by Gasteiger charge is -2.30. The van der Waals surface area contributed by atoms with Crippen molar-refractivity contribution < 1.29 is 29.0 Å². The molecule has 0 heterocycles. The molecule has 0 spiro atoms. The number of nitrogens with one attached hydrogen (secondary N) is 3. The third-order valence-corrected chi connectivity index (χ3v) is 5.61. The summed E-state index contributed by atoms with van der Waals surface area (Å²) in [6.07, 6.45) is -0.485. The van der Waals surface area contributed by atoms with Gasteiger partial charge in [-0.2, -0.15) is 0 Å². The van der Waals surface area contributed by atoms with Crippen molar-refractivity contribution >= 4 is 23.9 Å². The van der Waals surface area contributed by atoms with Crippen molar-refractivity contribution in [2.45, 2.75) is 78.1 Å². The minimum atomic E-state index is -1.18. The highest BCUT2D eigenvalue weighted by Gasteiger charge is 2.35. The molecule has 9 heteroatoms. The van der Waals surface area contributed by atoms with E-state index in [-0.39, 0.29) is 12.8 Å². The monoisotopic (exact) mass is 525 g/mol. The van der Waals surface area contributed by atoms with E-state index in [2.05, 4.69) is 16.0 Å². The summed E-state index contributed by atoms with van der Waals surface area (Å²) in [5.74, 6) is -2.41. The maximum absolute atomic E-state index is 13.5. The molecule has 2 aromatic carbocycles. The summed E-state index contributed by atoms with van der Waals surface area (Å²) in [6, 6.07) is 14.9. The van der Waals surface area contributed by atoms with Gasteiger partial charge in [0.25, 0.3) is 0 Å². The maximum atomic E-state index is 13.5. The fourth-order valence-corrected chi connectivity index (χ4v) is 3.73. The first-order valence-electron chi connectivity index (χ1n) is 12.6. The number of ether oxygens (including phenoxy) is 1. The van der Waals surface area contributed by atoms with Gasteiger partial charge >= 0.3 is 12.1 Å². The van der Waals surface area contributed by atoms with E-state index in [9.17, 15) is 24.3 Å². The fraction of sp³-hybridized carbons (Fsp3) is 0.448. The molecule has 0 radical (unpaired) electrons. The topological polar surface area (TPSA) is 134 Å². The quantitative estimate of drug-likeness (QED) is 0.375. The highest BCUT2D eigenvalue weighted by Crippen LogP contribution is 2.20. The summed E-state index contributed by atoms with van der Waals surface area (Å²) in [4.78, 5) is 51.2. The van der Waals surface area contributed by atoms with Gasteiger partial charge in [0.2, 0.25) is 11.8 Å². The smallest absolute Gasteiger partial charge is 0.408 e. The van der Waals surface area contributed by atoms with Crippen LogP contribution < -0.4 is 16.0 Å². The van der Waals surface area contributed by atoms with Crippen molar-refractivity contribution in [1.82, 2.24) is 16.0 Å². The number of alkyl carbamates (subject to hydrolysis) is 1. The minimum absolute atomic E-state index is 0.124. The molecule has 0 aliphatic heterocycles. The van der Waals surface area contributed by atoms with Gasteiger partial charge in [-0.15, -0.1) is 0 Å². The summed E-state index contributed by atoms with van der Waals surface area (Å²) in [5, 5.41) is 17.6. The molecule has 0 saturated carbocycles. The van der Waals surface area contributed by atoms with Gasteiger partial charge in [0.05, 0.1) is 0 Å². The van der Waals surface area contributed by atoms with Gasteiger partial charge in [0, 0.05) is 12.8 Å². The number of hydrogen-bond acceptors (Lipinski definition) is 5. The van der Waals surface area contributed by atoms with Crippen molar-refractivity contribution in [3.63, 3.8) is 0 Å². The van der Waals surface area contributed by atoms with Gasteiger partial charge in [-0.25, -0.2) is 9.59 Å². The molecule has 9 nitrogen and oxygen atoms in total. The highest BCUT2D eigenvalue weighted by atomic mass is 16.6. The van der Waals surface area contributed by atoms with Crippen LogP contribution in [-0.2, 0) is 32.0 Å². The molecule has 38 heavy (non-hydrogen) atoms. The van der Waals surface area contributed by atoms with Crippen LogP contribution in [0.2, 0.25) is 0 Å². The second-order valence-corrected chi connectivity index (χ2v) is 11.3. The van der Waals surface area contributed by atoms with Gasteiger partial charge < -0.3 is 25.8 Å². The van der Waals surface area contributed by atoms with E-state index in [1.165, 1.54) is 0 Å². The Balaban J connectivity index is 2.32. The number of rotatable bonds is 10. The average Bonchev–Trinajstić information content (AvgIpc) is 2.80. The molecular weight excluding hydrogens is 486 g/mol. The lowest BCUT2D eigenvalue weighted by molar-refractivity contribution is -0.145. The molecule has 0 saturated heterocycles. The third-order valence-electron chi connectivity index (χ3n) is 5.61. The van der Waals surface area contributed by atoms with Crippen LogP contribution in [0.5, 0.6) is 0 Å². The first-order valence-corrected chi connectivity index (χ1v) is 12.6. The number of carbonyl (C=O) groups is 4. The zero-order valence-corrected chi connectivity index (χ0v) is 22.9. The lowest BCUT2D eigenvalue weighted by atomic mass is 9.86. The molecular formula is C29H39N3O6. The van der Waals surface area contributed by atoms with Crippen LogP contribution >= 0.6 is 0 Å². The van der Waals surface area contributed by atoms with Crippen molar-refractivity contribution in [2.24, 2.45) is 5.41 Å². The van der Waals surface area contributed by atoms with Gasteiger partial charge in [0.15, 0.2) is 0 Å². The van der Waals surface area contributed by atoms with E-state index < -0.39 is 53.0 Å². The van der Waals surface area contributed by atoms with Gasteiger partial charge in [-0.3, -0.25) is 9.59 Å². The number of benzene rings is 2. The van der Waals surface area contributed by atoms with E-state index in [1.807, 2.05) is 60.7 Å². The second kappa shape index (κ2) is 13.1. The normalized spacial score (nSPS) is 13.9. The maximum Gasteiger partial charge on any atom is 0.408 e. The summed E-state index contributed by atoms with van der Waals surface area (Å²) in [5.41, 5.74) is 0.0327. The van der Waals surface area contributed by atoms with Crippen molar-refractivity contribution in [1.29, 1.82) is 0 Å². The van der Waals surface area contributed by atoms with Crippen molar-refractivity contribution in [3.05, 3.63) is 71.8 Å². The predicted octanol–water partition coefficient (Wildman–Crippen LogP) is 3.47. The van der Waals surface area contributed by atoms with Crippen LogP contribution in [-0.4, -0.2) is 52.7 Å². The molecule has 0 unspecified atom stereocenters. The molecule has 2 rings (SSSR count). The van der Waals surface area contributed by atoms with Crippen LogP contribution in [0, 0.1) is 5.41 Å². The molecule has 0 bridgehead atoms. The van der Waals surface area contributed by atoms with E-state index in [1.54, 1.807) is 41.5 Å². The van der Waals surface area contributed by atoms with Gasteiger partial charge in [0.1, 0.15) is 23.7 Å². The van der Waals surface area contributed by atoms with Crippen LogP contribution in [0.25, 0.3) is 0 Å².